The largest absolute Gasteiger partial charge is 0.491 e. The molecule has 4 heterocycles. The van der Waals surface area contributed by atoms with Crippen molar-refractivity contribution in [2.75, 3.05) is 49.2 Å². The monoisotopic (exact) mass is 635 g/mol. The molecule has 44 heavy (non-hydrogen) atoms. The molecule has 0 aliphatic carbocycles. The van der Waals surface area contributed by atoms with E-state index in [2.05, 4.69) is 26.9 Å². The number of imidazole rings is 1. The van der Waals surface area contributed by atoms with Crippen molar-refractivity contribution in [3.8, 4) is 5.75 Å². The van der Waals surface area contributed by atoms with E-state index in [0.717, 1.165) is 48.8 Å². The lowest BCUT2D eigenvalue weighted by Crippen LogP contribution is -2.46. The number of hydrogen-bond donors (Lipinski definition) is 0. The predicted molar refractivity (Wildman–Crippen MR) is 169 cm³/mol. The summed E-state index contributed by atoms with van der Waals surface area (Å²) in [7, 11) is 1.72. The molecule has 0 saturated carbocycles. The van der Waals surface area contributed by atoms with Crippen LogP contribution < -0.4 is 20.3 Å². The van der Waals surface area contributed by atoms with Crippen molar-refractivity contribution in [3.63, 3.8) is 0 Å². The van der Waals surface area contributed by atoms with Crippen molar-refractivity contribution < 1.29 is 18.6 Å². The molecule has 0 N–H and O–H groups in total. The number of nitrogens with zero attached hydrogens (tertiary/aromatic N) is 5. The molecule has 2 aliphatic rings. The fourth-order valence-electron chi connectivity index (χ4n) is 5.86. The van der Waals surface area contributed by atoms with E-state index in [9.17, 15) is 4.79 Å². The van der Waals surface area contributed by atoms with Crippen molar-refractivity contribution in [3.05, 3.63) is 106 Å². The lowest BCUT2D eigenvalue weighted by Gasteiger charge is -2.37. The Kier molecular flexibility index (Phi) is 7.75. The SMILES string of the molecule is Cn1c(=O)oc2cc(N3CCN(c4ccc(OC[C@H]5CO[C@@](Cn6ccnc6)(c6ccc(Cl)cc6Cl)O5)cc4)CC3)ccc21. The maximum atomic E-state index is 11.9. The summed E-state index contributed by atoms with van der Waals surface area (Å²) in [4.78, 5) is 20.7. The first-order chi connectivity index (χ1) is 21.4. The molecular formula is C32H31Cl2N5O5. The first-order valence-electron chi connectivity index (χ1n) is 14.4. The standard InChI is InChI=1S/C32H31Cl2N5O5/c1-36-29-9-5-24(17-30(29)43-31(36)40)39-14-12-38(13-15-39)23-3-6-25(7-4-23)41-18-26-19-42-32(44-26,20-37-11-10-35-21-37)27-8-2-22(33)16-28(27)34/h2-11,16-17,21,26H,12-15,18-20H2,1H3/t26-,32+/m0/s1. The Morgan fingerprint density at radius 3 is 2.45 bits per heavy atom. The molecule has 2 aromatic heterocycles. The minimum absolute atomic E-state index is 0.304. The second kappa shape index (κ2) is 11.9. The number of halogens is 2. The van der Waals surface area contributed by atoms with Gasteiger partial charge in [-0.1, -0.05) is 29.3 Å². The van der Waals surface area contributed by atoms with Gasteiger partial charge in [-0.15, -0.1) is 0 Å². The van der Waals surface area contributed by atoms with E-state index in [0.29, 0.717) is 41.0 Å². The third-order valence-electron chi connectivity index (χ3n) is 8.21. The summed E-state index contributed by atoms with van der Waals surface area (Å²) in [6, 6.07) is 19.4. The average molecular weight is 637 g/mol. The van der Waals surface area contributed by atoms with E-state index in [4.69, 9.17) is 41.8 Å². The molecule has 0 unspecified atom stereocenters. The van der Waals surface area contributed by atoms with Crippen LogP contribution in [0.5, 0.6) is 5.75 Å². The average Bonchev–Trinajstić information content (AvgIpc) is 3.76. The van der Waals surface area contributed by atoms with Gasteiger partial charge in [-0.3, -0.25) is 4.57 Å². The Labute approximate surface area is 263 Å². The Morgan fingerprint density at radius 2 is 1.73 bits per heavy atom. The third kappa shape index (κ3) is 5.66. The van der Waals surface area contributed by atoms with E-state index in [1.807, 2.05) is 47.2 Å². The van der Waals surface area contributed by atoms with E-state index in [-0.39, 0.29) is 11.9 Å². The number of piperazine rings is 1. The molecule has 0 bridgehead atoms. The summed E-state index contributed by atoms with van der Waals surface area (Å²) < 4.78 is 27.7. The second-order valence-electron chi connectivity index (χ2n) is 11.0. The maximum absolute atomic E-state index is 11.9. The summed E-state index contributed by atoms with van der Waals surface area (Å²) in [5.41, 5.74) is 4.31. The molecule has 0 radical (unpaired) electrons. The molecule has 0 spiro atoms. The lowest BCUT2D eigenvalue weighted by atomic mass is 10.1. The molecule has 2 atom stereocenters. The first-order valence-corrected chi connectivity index (χ1v) is 15.2. The first kappa shape index (κ1) is 28.8. The zero-order valence-electron chi connectivity index (χ0n) is 24.1. The Bertz CT molecular complexity index is 1820. The van der Waals surface area contributed by atoms with Gasteiger partial charge in [-0.2, -0.15) is 0 Å². The van der Waals surface area contributed by atoms with Gasteiger partial charge in [0.2, 0.25) is 5.79 Å². The zero-order valence-corrected chi connectivity index (χ0v) is 25.6. The van der Waals surface area contributed by atoms with Crippen LogP contribution in [0.15, 0.2) is 88.6 Å². The quantitative estimate of drug-likeness (QED) is 0.227. The number of hydrogen-bond acceptors (Lipinski definition) is 8. The molecule has 228 valence electrons. The minimum atomic E-state index is -1.09. The normalized spacial score (nSPS) is 20.5. The minimum Gasteiger partial charge on any atom is -0.491 e. The van der Waals surface area contributed by atoms with Gasteiger partial charge in [0.25, 0.3) is 0 Å². The van der Waals surface area contributed by atoms with Crippen LogP contribution in [0.3, 0.4) is 0 Å². The highest BCUT2D eigenvalue weighted by molar-refractivity contribution is 6.35. The molecule has 2 aliphatic heterocycles. The van der Waals surface area contributed by atoms with Crippen molar-refractivity contribution >= 4 is 45.7 Å². The van der Waals surface area contributed by atoms with E-state index in [1.165, 1.54) is 4.57 Å². The van der Waals surface area contributed by atoms with Crippen LogP contribution in [0.2, 0.25) is 10.0 Å². The highest BCUT2D eigenvalue weighted by Crippen LogP contribution is 2.40. The number of fused-ring (bicyclic) bond motifs is 1. The van der Waals surface area contributed by atoms with Crippen LogP contribution in [0.1, 0.15) is 5.56 Å². The smallest absolute Gasteiger partial charge is 0.419 e. The highest BCUT2D eigenvalue weighted by Gasteiger charge is 2.45. The summed E-state index contributed by atoms with van der Waals surface area (Å²) in [6.07, 6.45) is 4.98. The molecule has 12 heteroatoms. The van der Waals surface area contributed by atoms with Gasteiger partial charge in [0.05, 0.1) is 30.0 Å². The van der Waals surface area contributed by atoms with E-state index >= 15 is 0 Å². The van der Waals surface area contributed by atoms with Crippen LogP contribution in [0.4, 0.5) is 11.4 Å². The Balaban J connectivity index is 0.957. The summed E-state index contributed by atoms with van der Waals surface area (Å²) in [6.45, 7) is 4.51. The lowest BCUT2D eigenvalue weighted by molar-refractivity contribution is -0.189. The number of oxazole rings is 1. The molecular weight excluding hydrogens is 605 g/mol. The van der Waals surface area contributed by atoms with Gasteiger partial charge in [0.15, 0.2) is 5.58 Å². The number of rotatable bonds is 8. The van der Waals surface area contributed by atoms with Gasteiger partial charge < -0.3 is 33.0 Å². The number of anilines is 2. The van der Waals surface area contributed by atoms with Crippen molar-refractivity contribution in [1.82, 2.24) is 14.1 Å². The second-order valence-corrected chi connectivity index (χ2v) is 11.9. The maximum Gasteiger partial charge on any atom is 0.419 e. The van der Waals surface area contributed by atoms with E-state index in [1.54, 1.807) is 31.7 Å². The fourth-order valence-corrected chi connectivity index (χ4v) is 6.41. The number of aromatic nitrogens is 3. The van der Waals surface area contributed by atoms with Crippen LogP contribution in [-0.2, 0) is 28.9 Å². The van der Waals surface area contributed by atoms with Crippen molar-refractivity contribution in [2.24, 2.45) is 7.05 Å². The Hall–Kier alpha value is -3.96. The van der Waals surface area contributed by atoms with Gasteiger partial charge >= 0.3 is 5.76 Å². The molecule has 2 fully saturated rings. The summed E-state index contributed by atoms with van der Waals surface area (Å²) in [5.74, 6) is -0.687. The summed E-state index contributed by atoms with van der Waals surface area (Å²) >= 11 is 12.7. The van der Waals surface area contributed by atoms with E-state index < -0.39 is 5.79 Å². The topological polar surface area (TPSA) is 87.1 Å². The molecule has 7 rings (SSSR count). The van der Waals surface area contributed by atoms with Crippen LogP contribution >= 0.6 is 23.2 Å². The van der Waals surface area contributed by atoms with Gasteiger partial charge in [-0.05, 0) is 48.5 Å². The summed E-state index contributed by atoms with van der Waals surface area (Å²) in [5, 5.41) is 1.02. The number of ether oxygens (including phenoxy) is 3. The molecule has 10 nitrogen and oxygen atoms in total. The Morgan fingerprint density at radius 1 is 0.977 bits per heavy atom. The fraction of sp³-hybridized carbons (Fsp3) is 0.312. The van der Waals surface area contributed by atoms with Crippen LogP contribution in [0.25, 0.3) is 11.1 Å². The number of aryl methyl sites for hydroxylation is 1. The van der Waals surface area contributed by atoms with Gasteiger partial charge in [-0.25, -0.2) is 9.78 Å². The molecule has 2 saturated heterocycles. The predicted octanol–water partition coefficient (Wildman–Crippen LogP) is 5.31. The van der Waals surface area contributed by atoms with Gasteiger partial charge in [0.1, 0.15) is 18.5 Å². The third-order valence-corrected chi connectivity index (χ3v) is 8.76. The van der Waals surface area contributed by atoms with Crippen molar-refractivity contribution in [2.45, 2.75) is 18.4 Å². The number of benzene rings is 3. The van der Waals surface area contributed by atoms with Crippen LogP contribution in [-0.4, -0.2) is 59.6 Å². The van der Waals surface area contributed by atoms with Crippen LogP contribution in [0, 0.1) is 0 Å². The zero-order chi connectivity index (χ0) is 30.3. The van der Waals surface area contributed by atoms with Crippen molar-refractivity contribution in [1.29, 1.82) is 0 Å². The molecule has 3 aromatic carbocycles. The molecule has 0 amide bonds. The van der Waals surface area contributed by atoms with Gasteiger partial charge in [0, 0.05) is 73.6 Å². The highest BCUT2D eigenvalue weighted by atomic mass is 35.5. The molecule has 5 aromatic rings.